The highest BCUT2D eigenvalue weighted by Crippen LogP contribution is 2.21. The topological polar surface area (TPSA) is 101 Å². The number of carbonyl (C=O) groups excluding carboxylic acids is 1. The van der Waals surface area contributed by atoms with E-state index >= 15 is 0 Å². The highest BCUT2D eigenvalue weighted by molar-refractivity contribution is 5.81. The first-order valence-electron chi connectivity index (χ1n) is 6.72. The minimum absolute atomic E-state index is 0.0799. The second-order valence-corrected chi connectivity index (χ2v) is 5.08. The zero-order valence-corrected chi connectivity index (χ0v) is 11.4. The van der Waals surface area contributed by atoms with Crippen LogP contribution < -0.4 is 0 Å². The zero-order valence-electron chi connectivity index (χ0n) is 11.4. The summed E-state index contributed by atoms with van der Waals surface area (Å²) in [7, 11) is 0. The van der Waals surface area contributed by atoms with Gasteiger partial charge in [0.1, 0.15) is 0 Å². The predicted molar refractivity (Wildman–Crippen MR) is 73.7 cm³/mol. The fourth-order valence-corrected chi connectivity index (χ4v) is 2.52. The van der Waals surface area contributed by atoms with E-state index in [1.165, 1.54) is 11.0 Å². The maximum absolute atomic E-state index is 12.2. The fraction of sp³-hybridized carbons (Fsp3) is 0.429. The lowest BCUT2D eigenvalue weighted by atomic mass is 9.97. The Balaban J connectivity index is 2.08. The summed E-state index contributed by atoms with van der Waals surface area (Å²) in [5.74, 6) is -1.72. The van der Waals surface area contributed by atoms with Crippen LogP contribution in [-0.2, 0) is 16.0 Å². The number of hydrogen-bond acceptors (Lipinski definition) is 4. The van der Waals surface area contributed by atoms with Gasteiger partial charge >= 0.3 is 5.97 Å². The van der Waals surface area contributed by atoms with Crippen molar-refractivity contribution in [1.82, 2.24) is 4.90 Å². The number of para-hydroxylation sites is 1. The molecule has 1 heterocycles. The molecule has 21 heavy (non-hydrogen) atoms. The number of benzene rings is 1. The largest absolute Gasteiger partial charge is 0.481 e. The summed E-state index contributed by atoms with van der Waals surface area (Å²) in [4.78, 5) is 35.1. The monoisotopic (exact) mass is 292 g/mol. The maximum atomic E-state index is 12.2. The molecule has 2 rings (SSSR count). The zero-order chi connectivity index (χ0) is 15.4. The van der Waals surface area contributed by atoms with Crippen LogP contribution in [0.15, 0.2) is 24.3 Å². The Morgan fingerprint density at radius 3 is 2.76 bits per heavy atom. The average Bonchev–Trinajstić information content (AvgIpc) is 2.47. The van der Waals surface area contributed by atoms with Gasteiger partial charge in [-0.15, -0.1) is 0 Å². The van der Waals surface area contributed by atoms with Crippen LogP contribution in [0.4, 0.5) is 5.69 Å². The number of rotatable bonds is 4. The van der Waals surface area contributed by atoms with E-state index in [0.29, 0.717) is 24.9 Å². The average molecular weight is 292 g/mol. The van der Waals surface area contributed by atoms with E-state index in [1.807, 2.05) is 0 Å². The Labute approximate surface area is 121 Å². The van der Waals surface area contributed by atoms with Gasteiger partial charge in [0.25, 0.3) is 5.69 Å². The van der Waals surface area contributed by atoms with Crippen molar-refractivity contribution in [3.63, 3.8) is 0 Å². The summed E-state index contributed by atoms with van der Waals surface area (Å²) < 4.78 is 0. The number of likely N-dealkylation sites (tertiary alicyclic amines) is 1. The number of aliphatic carboxylic acids is 1. The van der Waals surface area contributed by atoms with E-state index < -0.39 is 16.8 Å². The summed E-state index contributed by atoms with van der Waals surface area (Å²) in [6, 6.07) is 6.10. The highest BCUT2D eigenvalue weighted by atomic mass is 16.6. The predicted octanol–water partition coefficient (Wildman–Crippen LogP) is 1.46. The van der Waals surface area contributed by atoms with Gasteiger partial charge in [-0.2, -0.15) is 0 Å². The number of nitrogens with zero attached hydrogens (tertiary/aromatic N) is 2. The Morgan fingerprint density at radius 1 is 1.38 bits per heavy atom. The van der Waals surface area contributed by atoms with Crippen LogP contribution in [0.2, 0.25) is 0 Å². The van der Waals surface area contributed by atoms with E-state index in [4.69, 9.17) is 5.11 Å². The minimum atomic E-state index is -0.904. The van der Waals surface area contributed by atoms with Crippen molar-refractivity contribution < 1.29 is 19.6 Å². The second kappa shape index (κ2) is 6.34. The second-order valence-electron chi connectivity index (χ2n) is 5.08. The van der Waals surface area contributed by atoms with E-state index in [2.05, 4.69) is 0 Å². The quantitative estimate of drug-likeness (QED) is 0.668. The van der Waals surface area contributed by atoms with Gasteiger partial charge in [-0.25, -0.2) is 0 Å². The maximum Gasteiger partial charge on any atom is 0.308 e. The number of carboxylic acid groups (broad SMARTS) is 1. The number of piperidine rings is 1. The van der Waals surface area contributed by atoms with Crippen LogP contribution in [0, 0.1) is 16.0 Å². The molecule has 7 heteroatoms. The van der Waals surface area contributed by atoms with Crippen molar-refractivity contribution >= 4 is 17.6 Å². The Bertz CT molecular complexity index is 572. The third kappa shape index (κ3) is 3.56. The van der Waals surface area contributed by atoms with E-state index in [9.17, 15) is 19.7 Å². The summed E-state index contributed by atoms with van der Waals surface area (Å²) in [6.45, 7) is 0.679. The van der Waals surface area contributed by atoms with Crippen molar-refractivity contribution in [3.8, 4) is 0 Å². The van der Waals surface area contributed by atoms with Gasteiger partial charge in [0, 0.05) is 24.7 Å². The molecule has 1 aliphatic heterocycles. The number of nitro benzene ring substituents is 1. The lowest BCUT2D eigenvalue weighted by Gasteiger charge is -2.30. The number of amides is 1. The Hall–Kier alpha value is -2.44. The Morgan fingerprint density at radius 2 is 2.10 bits per heavy atom. The molecule has 0 aromatic heterocycles. The van der Waals surface area contributed by atoms with Crippen LogP contribution in [0.5, 0.6) is 0 Å². The first-order chi connectivity index (χ1) is 9.99. The van der Waals surface area contributed by atoms with Crippen LogP contribution in [0.3, 0.4) is 0 Å². The molecule has 1 N–H and O–H groups in total. The van der Waals surface area contributed by atoms with Crippen molar-refractivity contribution in [3.05, 3.63) is 39.9 Å². The van der Waals surface area contributed by atoms with Crippen molar-refractivity contribution in [2.75, 3.05) is 13.1 Å². The van der Waals surface area contributed by atoms with E-state index in [0.717, 1.165) is 0 Å². The number of carbonyl (C=O) groups is 2. The first kappa shape index (κ1) is 15.0. The molecule has 0 saturated carbocycles. The molecule has 1 fully saturated rings. The standard InChI is InChI=1S/C14H16N2O5/c17-13(15-7-3-5-11(9-15)14(18)19)8-10-4-1-2-6-12(10)16(20)21/h1-2,4,6,11H,3,5,7-9H2,(H,18,19). The van der Waals surface area contributed by atoms with Crippen molar-refractivity contribution in [2.24, 2.45) is 5.92 Å². The summed E-state index contributed by atoms with van der Waals surface area (Å²) in [5, 5.41) is 19.9. The van der Waals surface area contributed by atoms with Gasteiger partial charge in [-0.05, 0) is 12.8 Å². The smallest absolute Gasteiger partial charge is 0.308 e. The molecular formula is C14H16N2O5. The molecule has 1 amide bonds. The third-order valence-corrected chi connectivity index (χ3v) is 3.65. The van der Waals surface area contributed by atoms with Crippen LogP contribution >= 0.6 is 0 Å². The van der Waals surface area contributed by atoms with Gasteiger partial charge in [0.2, 0.25) is 5.91 Å². The van der Waals surface area contributed by atoms with E-state index in [-0.39, 0.29) is 24.6 Å². The lowest BCUT2D eigenvalue weighted by Crippen LogP contribution is -2.43. The normalized spacial score (nSPS) is 18.3. The molecule has 1 saturated heterocycles. The van der Waals surface area contributed by atoms with Gasteiger partial charge in [-0.1, -0.05) is 18.2 Å². The molecule has 0 radical (unpaired) electrons. The van der Waals surface area contributed by atoms with E-state index in [1.54, 1.807) is 18.2 Å². The molecule has 0 spiro atoms. The van der Waals surface area contributed by atoms with Gasteiger partial charge in [0.15, 0.2) is 0 Å². The SMILES string of the molecule is O=C(O)C1CCCN(C(=O)Cc2ccccc2[N+](=O)[O-])C1. The summed E-state index contributed by atoms with van der Waals surface area (Å²) >= 11 is 0. The lowest BCUT2D eigenvalue weighted by molar-refractivity contribution is -0.385. The summed E-state index contributed by atoms with van der Waals surface area (Å²) in [5.41, 5.74) is 0.266. The third-order valence-electron chi connectivity index (χ3n) is 3.65. The molecule has 1 aliphatic rings. The fourth-order valence-electron chi connectivity index (χ4n) is 2.52. The van der Waals surface area contributed by atoms with Crippen LogP contribution in [0.25, 0.3) is 0 Å². The molecule has 0 aliphatic carbocycles. The van der Waals surface area contributed by atoms with Gasteiger partial charge in [0.05, 0.1) is 17.3 Å². The number of carboxylic acids is 1. The molecular weight excluding hydrogens is 276 g/mol. The number of hydrogen-bond donors (Lipinski definition) is 1. The molecule has 1 aromatic rings. The van der Waals surface area contributed by atoms with Gasteiger partial charge < -0.3 is 10.0 Å². The first-order valence-corrected chi connectivity index (χ1v) is 6.72. The molecule has 0 bridgehead atoms. The molecule has 1 atom stereocenters. The Kier molecular flexibility index (Phi) is 4.52. The molecule has 7 nitrogen and oxygen atoms in total. The highest BCUT2D eigenvalue weighted by Gasteiger charge is 2.28. The van der Waals surface area contributed by atoms with Crippen LogP contribution in [0.1, 0.15) is 18.4 Å². The summed E-state index contributed by atoms with van der Waals surface area (Å²) in [6.07, 6.45) is 1.12. The van der Waals surface area contributed by atoms with Crippen LogP contribution in [-0.4, -0.2) is 39.9 Å². The van der Waals surface area contributed by atoms with Crippen molar-refractivity contribution in [1.29, 1.82) is 0 Å². The van der Waals surface area contributed by atoms with Crippen molar-refractivity contribution in [2.45, 2.75) is 19.3 Å². The van der Waals surface area contributed by atoms with Gasteiger partial charge in [-0.3, -0.25) is 19.7 Å². The molecule has 112 valence electrons. The molecule has 1 aromatic carbocycles. The number of nitro groups is 1. The minimum Gasteiger partial charge on any atom is -0.481 e. The molecule has 1 unspecified atom stereocenters.